The lowest BCUT2D eigenvalue weighted by molar-refractivity contribution is -0.122. The normalized spacial score (nSPS) is 25.5. The molecule has 0 amide bonds. The number of fused-ring (bicyclic) bond motifs is 5. The first-order valence-electron chi connectivity index (χ1n) is 6.81. The van der Waals surface area contributed by atoms with Crippen LogP contribution < -0.4 is 0 Å². The van der Waals surface area contributed by atoms with E-state index in [2.05, 4.69) is 24.3 Å². The van der Waals surface area contributed by atoms with Crippen LogP contribution in [0.5, 0.6) is 0 Å². The summed E-state index contributed by atoms with van der Waals surface area (Å²) in [7, 11) is 0. The fourth-order valence-electron chi connectivity index (χ4n) is 3.76. The van der Waals surface area contributed by atoms with Crippen LogP contribution in [0.1, 0.15) is 29.9 Å². The fourth-order valence-corrected chi connectivity index (χ4v) is 3.76. The Morgan fingerprint density at radius 3 is 2.68 bits per heavy atom. The van der Waals surface area contributed by atoms with E-state index in [0.717, 1.165) is 18.4 Å². The van der Waals surface area contributed by atoms with Crippen LogP contribution in [0.2, 0.25) is 0 Å². The highest BCUT2D eigenvalue weighted by atomic mass is 16.2. The average Bonchev–Trinajstić information content (AvgIpc) is 2.74. The third-order valence-corrected chi connectivity index (χ3v) is 4.63. The van der Waals surface area contributed by atoms with Crippen molar-refractivity contribution in [1.29, 1.82) is 0 Å². The van der Waals surface area contributed by atoms with Crippen molar-refractivity contribution in [3.8, 4) is 0 Å². The van der Waals surface area contributed by atoms with Crippen LogP contribution in [0, 0.1) is 5.92 Å². The Kier molecular flexibility index (Phi) is 2.16. The SMILES string of the molecule is O=C1CC(=O)[C@H]2c3ccc4ccccc4c3CC[C@@H]12. The number of rotatable bonds is 0. The standard InChI is InChI=1S/C17H14O2/c18-15-9-16(19)17-13-6-5-10-3-1-2-4-11(10)12(13)7-8-14(15)17/h1-6,14,17H,7-9H2/t14-,17-/m0/s1. The zero-order chi connectivity index (χ0) is 13.0. The number of benzene rings is 2. The lowest BCUT2D eigenvalue weighted by Gasteiger charge is -2.27. The van der Waals surface area contributed by atoms with Gasteiger partial charge in [-0.2, -0.15) is 0 Å². The molecule has 1 saturated carbocycles. The van der Waals surface area contributed by atoms with Crippen molar-refractivity contribution in [2.24, 2.45) is 5.92 Å². The molecule has 2 aliphatic rings. The van der Waals surface area contributed by atoms with Gasteiger partial charge in [0.05, 0.1) is 12.3 Å². The number of ketones is 2. The van der Waals surface area contributed by atoms with E-state index in [0.29, 0.717) is 0 Å². The summed E-state index contributed by atoms with van der Waals surface area (Å²) in [6.07, 6.45) is 1.88. The van der Waals surface area contributed by atoms with Crippen LogP contribution in [-0.4, -0.2) is 11.6 Å². The number of Topliss-reactive ketones (excluding diaryl/α,β-unsaturated/α-hetero) is 2. The van der Waals surface area contributed by atoms with Crippen LogP contribution in [-0.2, 0) is 16.0 Å². The monoisotopic (exact) mass is 250 g/mol. The number of hydrogen-bond donors (Lipinski definition) is 0. The maximum Gasteiger partial charge on any atom is 0.148 e. The molecule has 0 unspecified atom stereocenters. The molecule has 0 radical (unpaired) electrons. The van der Waals surface area contributed by atoms with Gasteiger partial charge in [-0.3, -0.25) is 9.59 Å². The molecule has 0 aliphatic heterocycles. The molecule has 2 nitrogen and oxygen atoms in total. The second-order valence-electron chi connectivity index (χ2n) is 5.59. The predicted octanol–water partition coefficient (Wildman–Crippen LogP) is 3.03. The minimum Gasteiger partial charge on any atom is -0.299 e. The summed E-state index contributed by atoms with van der Waals surface area (Å²) in [5, 5.41) is 2.46. The summed E-state index contributed by atoms with van der Waals surface area (Å²) in [5.41, 5.74) is 2.38. The molecule has 4 rings (SSSR count). The summed E-state index contributed by atoms with van der Waals surface area (Å²) in [5.74, 6) is 0.0436. The van der Waals surface area contributed by atoms with Crippen LogP contribution in [0.25, 0.3) is 10.8 Å². The van der Waals surface area contributed by atoms with Gasteiger partial charge in [-0.1, -0.05) is 36.4 Å². The van der Waals surface area contributed by atoms with Crippen LogP contribution in [0.4, 0.5) is 0 Å². The highest BCUT2D eigenvalue weighted by molar-refractivity contribution is 6.12. The zero-order valence-electron chi connectivity index (χ0n) is 10.6. The molecule has 2 aromatic rings. The third kappa shape index (κ3) is 1.43. The van der Waals surface area contributed by atoms with Gasteiger partial charge in [-0.25, -0.2) is 0 Å². The van der Waals surface area contributed by atoms with Gasteiger partial charge in [0.15, 0.2) is 0 Å². The van der Waals surface area contributed by atoms with E-state index in [1.54, 1.807) is 0 Å². The largest absolute Gasteiger partial charge is 0.299 e. The first kappa shape index (κ1) is 10.9. The molecule has 0 aromatic heterocycles. The van der Waals surface area contributed by atoms with E-state index >= 15 is 0 Å². The lowest BCUT2D eigenvalue weighted by Crippen LogP contribution is -2.23. The molecule has 2 atom stereocenters. The van der Waals surface area contributed by atoms with E-state index in [1.807, 2.05) is 12.1 Å². The van der Waals surface area contributed by atoms with Gasteiger partial charge in [0.25, 0.3) is 0 Å². The van der Waals surface area contributed by atoms with Crippen molar-refractivity contribution >= 4 is 22.3 Å². The molecule has 0 bridgehead atoms. The van der Waals surface area contributed by atoms with Crippen molar-refractivity contribution < 1.29 is 9.59 Å². The third-order valence-electron chi connectivity index (χ3n) is 4.63. The molecule has 94 valence electrons. The Balaban J connectivity index is 1.98. The quantitative estimate of drug-likeness (QED) is 0.673. The van der Waals surface area contributed by atoms with Crippen molar-refractivity contribution in [1.82, 2.24) is 0 Å². The summed E-state index contributed by atoms with van der Waals surface area (Å²) >= 11 is 0. The molecule has 19 heavy (non-hydrogen) atoms. The predicted molar refractivity (Wildman–Crippen MR) is 73.1 cm³/mol. The molecule has 2 aromatic carbocycles. The second-order valence-corrected chi connectivity index (χ2v) is 5.59. The molecule has 2 aliphatic carbocycles. The van der Waals surface area contributed by atoms with Gasteiger partial charge in [0.1, 0.15) is 11.6 Å². The van der Waals surface area contributed by atoms with Crippen molar-refractivity contribution in [2.75, 3.05) is 0 Å². The second kappa shape index (κ2) is 3.77. The van der Waals surface area contributed by atoms with E-state index in [9.17, 15) is 9.59 Å². The van der Waals surface area contributed by atoms with Crippen molar-refractivity contribution in [3.63, 3.8) is 0 Å². The number of carbonyl (C=O) groups excluding carboxylic acids is 2. The number of aryl methyl sites for hydroxylation is 1. The van der Waals surface area contributed by atoms with Gasteiger partial charge in [-0.15, -0.1) is 0 Å². The Hall–Kier alpha value is -1.96. The van der Waals surface area contributed by atoms with E-state index in [4.69, 9.17) is 0 Å². The Labute approximate surface area is 111 Å². The topological polar surface area (TPSA) is 34.1 Å². The van der Waals surface area contributed by atoms with E-state index < -0.39 is 0 Å². The van der Waals surface area contributed by atoms with Crippen LogP contribution in [0.3, 0.4) is 0 Å². The molecular weight excluding hydrogens is 236 g/mol. The highest BCUT2D eigenvalue weighted by Gasteiger charge is 2.45. The lowest BCUT2D eigenvalue weighted by atomic mass is 9.75. The van der Waals surface area contributed by atoms with Crippen molar-refractivity contribution in [3.05, 3.63) is 47.5 Å². The molecular formula is C17H14O2. The molecule has 1 fully saturated rings. The first-order chi connectivity index (χ1) is 9.25. The van der Waals surface area contributed by atoms with Crippen molar-refractivity contribution in [2.45, 2.75) is 25.2 Å². The minimum absolute atomic E-state index is 0.0545. The van der Waals surface area contributed by atoms with Crippen LogP contribution in [0.15, 0.2) is 36.4 Å². The summed E-state index contributed by atoms with van der Waals surface area (Å²) in [4.78, 5) is 24.0. The number of carbonyl (C=O) groups is 2. The smallest absolute Gasteiger partial charge is 0.148 e. The highest BCUT2D eigenvalue weighted by Crippen LogP contribution is 2.44. The maximum atomic E-state index is 12.1. The Morgan fingerprint density at radius 1 is 0.947 bits per heavy atom. The van der Waals surface area contributed by atoms with Gasteiger partial charge < -0.3 is 0 Å². The number of hydrogen-bond acceptors (Lipinski definition) is 2. The maximum absolute atomic E-state index is 12.1. The molecule has 2 heteroatoms. The average molecular weight is 250 g/mol. The summed E-state index contributed by atoms with van der Waals surface area (Å²) < 4.78 is 0. The zero-order valence-corrected chi connectivity index (χ0v) is 10.6. The van der Waals surface area contributed by atoms with Gasteiger partial charge in [-0.05, 0) is 34.7 Å². The fraction of sp³-hybridized carbons (Fsp3) is 0.294. The van der Waals surface area contributed by atoms with E-state index in [1.165, 1.54) is 16.3 Å². The summed E-state index contributed by atoms with van der Waals surface area (Å²) in [6.45, 7) is 0. The first-order valence-corrected chi connectivity index (χ1v) is 6.81. The van der Waals surface area contributed by atoms with Gasteiger partial charge in [0, 0.05) is 5.92 Å². The summed E-state index contributed by atoms with van der Waals surface area (Å²) in [6, 6.07) is 12.4. The van der Waals surface area contributed by atoms with Gasteiger partial charge >= 0.3 is 0 Å². The molecule has 0 N–H and O–H groups in total. The Bertz CT molecular complexity index is 714. The van der Waals surface area contributed by atoms with E-state index in [-0.39, 0.29) is 29.8 Å². The van der Waals surface area contributed by atoms with Crippen LogP contribution >= 0.6 is 0 Å². The molecule has 0 saturated heterocycles. The Morgan fingerprint density at radius 2 is 1.79 bits per heavy atom. The minimum atomic E-state index is -0.166. The van der Waals surface area contributed by atoms with Gasteiger partial charge in [0.2, 0.25) is 0 Å². The molecule has 0 heterocycles. The molecule has 0 spiro atoms.